The maximum atomic E-state index is 10.9. The number of fused-ring (bicyclic) bond motifs is 1. The van der Waals surface area contributed by atoms with Gasteiger partial charge in [0.2, 0.25) is 0 Å². The van der Waals surface area contributed by atoms with Gasteiger partial charge in [0.05, 0.1) is 5.02 Å². The highest BCUT2D eigenvalue weighted by Crippen LogP contribution is 2.22. The van der Waals surface area contributed by atoms with E-state index >= 15 is 0 Å². The third-order valence-electron chi connectivity index (χ3n) is 1.50. The second-order valence-corrected chi connectivity index (χ2v) is 2.98. The molecule has 0 unspecified atom stereocenters. The quantitative estimate of drug-likeness (QED) is 0.659. The maximum Gasteiger partial charge on any atom is 0.435 e. The Labute approximate surface area is 77.2 Å². The van der Waals surface area contributed by atoms with Gasteiger partial charge in [0.15, 0.2) is 5.58 Å². The molecule has 3 nitrogen and oxygen atoms in total. The summed E-state index contributed by atoms with van der Waals surface area (Å²) >= 11 is 11.3. The van der Waals surface area contributed by atoms with Gasteiger partial charge in [-0.25, -0.2) is 4.79 Å². The molecular weight excluding hydrogens is 201 g/mol. The first kappa shape index (κ1) is 7.71. The lowest BCUT2D eigenvalue weighted by atomic mass is 10.3. The molecule has 0 aliphatic rings. The van der Waals surface area contributed by atoms with Gasteiger partial charge >= 0.3 is 5.76 Å². The monoisotopic (exact) mass is 203 g/mol. The van der Waals surface area contributed by atoms with Gasteiger partial charge in [-0.2, -0.15) is 4.09 Å². The standard InChI is InChI=1S/C7H3Cl2NO2/c8-4-2-1-3-5-6(4)10(9)7(11)12-5/h1-3H. The summed E-state index contributed by atoms with van der Waals surface area (Å²) in [6.07, 6.45) is 0. The summed E-state index contributed by atoms with van der Waals surface area (Å²) in [6.45, 7) is 0. The molecule has 0 N–H and O–H groups in total. The van der Waals surface area contributed by atoms with Crippen LogP contribution in [0.4, 0.5) is 0 Å². The Morgan fingerprint density at radius 3 is 2.83 bits per heavy atom. The number of rotatable bonds is 0. The average molecular weight is 204 g/mol. The highest BCUT2D eigenvalue weighted by Gasteiger charge is 2.09. The highest BCUT2D eigenvalue weighted by atomic mass is 35.5. The van der Waals surface area contributed by atoms with Crippen LogP contribution in [-0.4, -0.2) is 4.09 Å². The number of aromatic nitrogens is 1. The molecule has 2 rings (SSSR count). The van der Waals surface area contributed by atoms with Gasteiger partial charge in [-0.3, -0.25) is 0 Å². The molecule has 0 radical (unpaired) electrons. The first-order valence-electron chi connectivity index (χ1n) is 3.16. The van der Waals surface area contributed by atoms with Crippen molar-refractivity contribution in [2.45, 2.75) is 0 Å². The van der Waals surface area contributed by atoms with Crippen molar-refractivity contribution in [1.29, 1.82) is 0 Å². The predicted octanol–water partition coefficient (Wildman–Crippen LogP) is 2.25. The number of para-hydroxylation sites is 1. The average Bonchev–Trinajstić information content (AvgIpc) is 2.29. The van der Waals surface area contributed by atoms with Crippen molar-refractivity contribution in [3.63, 3.8) is 0 Å². The van der Waals surface area contributed by atoms with Crippen LogP contribution >= 0.6 is 23.4 Å². The molecule has 62 valence electrons. The first-order chi connectivity index (χ1) is 5.70. The van der Waals surface area contributed by atoms with Crippen molar-refractivity contribution >= 4 is 34.5 Å². The zero-order valence-electron chi connectivity index (χ0n) is 5.75. The Balaban J connectivity index is 3.07. The number of oxazole rings is 1. The molecule has 0 bridgehead atoms. The van der Waals surface area contributed by atoms with Crippen molar-refractivity contribution in [3.8, 4) is 0 Å². The van der Waals surface area contributed by atoms with Gasteiger partial charge in [-0.1, -0.05) is 17.7 Å². The summed E-state index contributed by atoms with van der Waals surface area (Å²) in [6, 6.07) is 4.95. The van der Waals surface area contributed by atoms with Gasteiger partial charge in [-0.15, -0.1) is 0 Å². The molecule has 0 saturated heterocycles. The smallest absolute Gasteiger partial charge is 0.407 e. The summed E-state index contributed by atoms with van der Waals surface area (Å²) in [5.74, 6) is -0.625. The molecule has 1 aromatic carbocycles. The second kappa shape index (κ2) is 2.54. The topological polar surface area (TPSA) is 35.1 Å². The second-order valence-electron chi connectivity index (χ2n) is 2.24. The molecule has 12 heavy (non-hydrogen) atoms. The molecule has 1 aromatic heterocycles. The largest absolute Gasteiger partial charge is 0.435 e. The fourth-order valence-electron chi connectivity index (χ4n) is 0.994. The molecule has 0 saturated carbocycles. The van der Waals surface area contributed by atoms with Crippen LogP contribution in [-0.2, 0) is 0 Å². The fraction of sp³-hybridized carbons (Fsp3) is 0. The molecule has 0 fully saturated rings. The van der Waals surface area contributed by atoms with E-state index in [2.05, 4.69) is 0 Å². The summed E-state index contributed by atoms with van der Waals surface area (Å²) in [4.78, 5) is 10.9. The van der Waals surface area contributed by atoms with Crippen molar-refractivity contribution in [3.05, 3.63) is 33.8 Å². The van der Waals surface area contributed by atoms with Crippen LogP contribution in [0.1, 0.15) is 0 Å². The Hall–Kier alpha value is -0.930. The normalized spacial score (nSPS) is 10.8. The van der Waals surface area contributed by atoms with Crippen LogP contribution in [0.2, 0.25) is 5.02 Å². The SMILES string of the molecule is O=c1oc2cccc(Cl)c2n1Cl. The molecule has 2 aromatic rings. The third kappa shape index (κ3) is 0.940. The van der Waals surface area contributed by atoms with Crippen LogP contribution in [0.5, 0.6) is 0 Å². The fourth-order valence-corrected chi connectivity index (χ4v) is 1.50. The van der Waals surface area contributed by atoms with Gasteiger partial charge in [0.25, 0.3) is 0 Å². The van der Waals surface area contributed by atoms with Gasteiger partial charge in [0.1, 0.15) is 5.52 Å². The van der Waals surface area contributed by atoms with Crippen LogP contribution in [0.25, 0.3) is 11.1 Å². The minimum absolute atomic E-state index is 0.391. The molecule has 1 heterocycles. The number of nitrogens with zero attached hydrogens (tertiary/aromatic N) is 1. The minimum atomic E-state index is -0.625. The molecule has 0 amide bonds. The lowest BCUT2D eigenvalue weighted by molar-refractivity contribution is 0.548. The van der Waals surface area contributed by atoms with Gasteiger partial charge in [0, 0.05) is 11.8 Å². The molecular formula is C7H3Cl2NO2. The number of hydrogen-bond donors (Lipinski definition) is 0. The van der Waals surface area contributed by atoms with E-state index in [1.54, 1.807) is 18.2 Å². The molecule has 5 heteroatoms. The first-order valence-corrected chi connectivity index (χ1v) is 3.88. The van der Waals surface area contributed by atoms with Crippen molar-refractivity contribution in [2.24, 2.45) is 0 Å². The van der Waals surface area contributed by atoms with E-state index in [1.165, 1.54) is 0 Å². The zero-order valence-corrected chi connectivity index (χ0v) is 7.26. The third-order valence-corrected chi connectivity index (χ3v) is 2.12. The van der Waals surface area contributed by atoms with Crippen LogP contribution in [0.15, 0.2) is 27.4 Å². The zero-order chi connectivity index (χ0) is 8.72. The van der Waals surface area contributed by atoms with Crippen LogP contribution in [0, 0.1) is 0 Å². The molecule has 0 atom stereocenters. The molecule has 0 spiro atoms. The lowest BCUT2D eigenvalue weighted by Crippen LogP contribution is -2.03. The lowest BCUT2D eigenvalue weighted by Gasteiger charge is -1.90. The molecule has 0 aliphatic heterocycles. The van der Waals surface area contributed by atoms with E-state index in [0.717, 1.165) is 4.09 Å². The number of benzene rings is 1. The van der Waals surface area contributed by atoms with Crippen molar-refractivity contribution < 1.29 is 4.42 Å². The Bertz CT molecular complexity index is 486. The van der Waals surface area contributed by atoms with E-state index in [-0.39, 0.29) is 0 Å². The van der Waals surface area contributed by atoms with E-state index in [1.807, 2.05) is 0 Å². The van der Waals surface area contributed by atoms with Crippen molar-refractivity contribution in [2.75, 3.05) is 0 Å². The summed E-state index contributed by atoms with van der Waals surface area (Å²) < 4.78 is 5.63. The van der Waals surface area contributed by atoms with Crippen molar-refractivity contribution in [1.82, 2.24) is 4.09 Å². The summed E-state index contributed by atoms with van der Waals surface area (Å²) in [5.41, 5.74) is 0.799. The van der Waals surface area contributed by atoms with Crippen LogP contribution < -0.4 is 5.76 Å². The summed E-state index contributed by atoms with van der Waals surface area (Å²) in [5, 5.41) is 0.397. The predicted molar refractivity (Wildman–Crippen MR) is 46.7 cm³/mol. The number of halogens is 2. The number of hydrogen-bond acceptors (Lipinski definition) is 2. The van der Waals surface area contributed by atoms with Gasteiger partial charge < -0.3 is 4.42 Å². The van der Waals surface area contributed by atoms with Crippen LogP contribution in [0.3, 0.4) is 0 Å². The maximum absolute atomic E-state index is 10.9. The Kier molecular flexibility index (Phi) is 1.63. The van der Waals surface area contributed by atoms with Gasteiger partial charge in [-0.05, 0) is 12.1 Å². The Morgan fingerprint density at radius 1 is 1.42 bits per heavy atom. The van der Waals surface area contributed by atoms with E-state index in [0.29, 0.717) is 16.1 Å². The molecule has 0 aliphatic carbocycles. The van der Waals surface area contributed by atoms with E-state index in [4.69, 9.17) is 27.8 Å². The van der Waals surface area contributed by atoms with E-state index in [9.17, 15) is 4.79 Å². The Morgan fingerprint density at radius 2 is 2.17 bits per heavy atom. The minimum Gasteiger partial charge on any atom is -0.407 e. The highest BCUT2D eigenvalue weighted by molar-refractivity contribution is 6.36. The van der Waals surface area contributed by atoms with E-state index < -0.39 is 5.76 Å². The summed E-state index contributed by atoms with van der Waals surface area (Å²) in [7, 11) is 0.